The quantitative estimate of drug-likeness (QED) is 0.0113. The van der Waals surface area contributed by atoms with Crippen LogP contribution in [0.5, 0.6) is 0 Å². The normalized spacial score (nSPS) is 18.0. The van der Waals surface area contributed by atoms with E-state index in [1.54, 1.807) is 0 Å². The average molecular weight is 1620 g/mol. The summed E-state index contributed by atoms with van der Waals surface area (Å²) in [7, 11) is 16.0. The Balaban J connectivity index is 0.000000155. The van der Waals surface area contributed by atoms with Gasteiger partial charge < -0.3 is 95.3 Å². The van der Waals surface area contributed by atoms with Crippen LogP contribution in [0.25, 0.3) is 0 Å². The number of piperidine rings is 2. The molecule has 21 heteroatoms. The molecule has 8 aliphatic heterocycles. The Kier molecular flexibility index (Phi) is 36.8. The van der Waals surface area contributed by atoms with Gasteiger partial charge in [-0.25, -0.2) is 9.13 Å². The largest absolute Gasteiger partial charge is 0.399 e. The number of benzene rings is 5. The van der Waals surface area contributed by atoms with E-state index in [-0.39, 0.29) is 0 Å². The van der Waals surface area contributed by atoms with E-state index >= 15 is 0 Å². The molecular weight excluding hydrogens is 1450 g/mol. The molecule has 1 aromatic heterocycles. The van der Waals surface area contributed by atoms with E-state index < -0.39 is 0 Å². The monoisotopic (exact) mass is 1620 g/mol. The van der Waals surface area contributed by atoms with Crippen molar-refractivity contribution in [3.8, 4) is 0 Å². The molecule has 0 saturated carbocycles. The van der Waals surface area contributed by atoms with E-state index in [9.17, 15) is 0 Å². The van der Waals surface area contributed by atoms with Crippen LogP contribution in [-0.4, -0.2) is 296 Å². The number of rotatable bonds is 33. The number of aromatic nitrogens is 2. The van der Waals surface area contributed by atoms with Crippen molar-refractivity contribution in [3.05, 3.63) is 138 Å². The maximum absolute atomic E-state index is 6.01. The Bertz CT molecular complexity index is 3750. The van der Waals surface area contributed by atoms with Gasteiger partial charge in [0.05, 0.1) is 133 Å². The van der Waals surface area contributed by atoms with Crippen molar-refractivity contribution in [2.75, 3.05) is 312 Å². The summed E-state index contributed by atoms with van der Waals surface area (Å²) in [5, 5.41) is 0. The lowest BCUT2D eigenvalue weighted by Gasteiger charge is -2.39. The molecule has 0 spiro atoms. The summed E-state index contributed by atoms with van der Waals surface area (Å²) in [4.78, 5) is 19.9. The van der Waals surface area contributed by atoms with E-state index in [2.05, 4.69) is 198 Å². The fourth-order valence-corrected chi connectivity index (χ4v) is 19.4. The van der Waals surface area contributed by atoms with Crippen LogP contribution in [0.3, 0.4) is 0 Å². The summed E-state index contributed by atoms with van der Waals surface area (Å²) in [6.07, 6.45) is 30.7. The minimum atomic E-state index is 0.817. The highest BCUT2D eigenvalue weighted by molar-refractivity contribution is 5.66. The van der Waals surface area contributed by atoms with Crippen molar-refractivity contribution in [3.63, 3.8) is 0 Å². The van der Waals surface area contributed by atoms with Gasteiger partial charge in [0.15, 0.2) is 0 Å². The number of likely N-dealkylation sites (tertiary alicyclic amines) is 2. The number of likely N-dealkylation sites (N-methyl/N-ethyl adjacent to an activating group) is 5. The topological polar surface area (TPSA) is 183 Å². The number of hydrogen-bond acceptors (Lipinski definition) is 15. The Hall–Kier alpha value is -7.05. The Labute approximate surface area is 709 Å². The molecule has 0 unspecified atom stereocenters. The Morgan fingerprint density at radius 2 is 0.718 bits per heavy atom. The predicted octanol–water partition coefficient (Wildman–Crippen LogP) is 12.0. The fourth-order valence-electron chi connectivity index (χ4n) is 19.4. The smallest absolute Gasteiger partial charge is 0.243 e. The number of nitrogens with zero attached hydrogens (tertiary/aromatic N) is 14. The van der Waals surface area contributed by atoms with Crippen LogP contribution >= 0.6 is 0 Å². The summed E-state index contributed by atoms with van der Waals surface area (Å²) in [6.45, 7) is 46.0. The molecular formula is C96H164N19O2+5. The van der Waals surface area contributed by atoms with E-state index in [4.69, 9.17) is 38.1 Å². The van der Waals surface area contributed by atoms with Crippen LogP contribution in [0, 0.1) is 0 Å². The third-order valence-corrected chi connectivity index (χ3v) is 27.6. The van der Waals surface area contributed by atoms with Gasteiger partial charge in [0.2, 0.25) is 6.33 Å². The molecule has 117 heavy (non-hydrogen) atoms. The average Bonchev–Trinajstić information content (AvgIpc) is 0.996. The van der Waals surface area contributed by atoms with Gasteiger partial charge in [-0.2, -0.15) is 0 Å². The number of ether oxygens (including phenoxy) is 2. The van der Waals surface area contributed by atoms with Crippen LogP contribution in [0.1, 0.15) is 138 Å². The zero-order chi connectivity index (χ0) is 83.1. The predicted molar refractivity (Wildman–Crippen MR) is 497 cm³/mol. The van der Waals surface area contributed by atoms with Crippen molar-refractivity contribution in [1.29, 1.82) is 0 Å². The van der Waals surface area contributed by atoms with Gasteiger partial charge in [0.1, 0.15) is 32.0 Å². The molecule has 5 aromatic carbocycles. The van der Waals surface area contributed by atoms with Gasteiger partial charge in [0, 0.05) is 174 Å². The molecule has 0 amide bonds. The summed E-state index contributed by atoms with van der Waals surface area (Å²) in [6, 6.07) is 31.9. The van der Waals surface area contributed by atoms with E-state index in [1.165, 1.54) is 294 Å². The molecule has 3 fully saturated rings. The third-order valence-electron chi connectivity index (χ3n) is 27.6. The number of morpholine rings is 1. The maximum atomic E-state index is 6.01. The maximum Gasteiger partial charge on any atom is 0.243 e. The van der Waals surface area contributed by atoms with Crippen LogP contribution < -0.4 is 57.7 Å². The van der Waals surface area contributed by atoms with Crippen LogP contribution in [0.4, 0.5) is 56.9 Å². The minimum absolute atomic E-state index is 0.817. The lowest BCUT2D eigenvalue weighted by Crippen LogP contribution is -2.52. The zero-order valence-electron chi connectivity index (χ0n) is 75.3. The number of imidazole rings is 1. The van der Waals surface area contributed by atoms with Gasteiger partial charge in [-0.1, -0.05) is 30.3 Å². The van der Waals surface area contributed by atoms with Crippen LogP contribution in [-0.2, 0) is 55.2 Å². The molecule has 3 saturated heterocycles. The van der Waals surface area contributed by atoms with Crippen LogP contribution in [0.2, 0.25) is 0 Å². The molecule has 650 valence electrons. The first-order valence-corrected chi connectivity index (χ1v) is 46.3. The lowest BCUT2D eigenvalue weighted by molar-refractivity contribution is -0.921. The summed E-state index contributed by atoms with van der Waals surface area (Å²) >= 11 is 0. The van der Waals surface area contributed by atoms with E-state index in [0.717, 1.165) is 153 Å². The van der Waals surface area contributed by atoms with Gasteiger partial charge in [-0.05, 0) is 233 Å². The van der Waals surface area contributed by atoms with Gasteiger partial charge in [0.25, 0.3) is 0 Å². The number of hydrogen-bond donors (Lipinski definition) is 5. The molecule has 9 heterocycles. The van der Waals surface area contributed by atoms with Crippen molar-refractivity contribution >= 4 is 56.9 Å². The highest BCUT2D eigenvalue weighted by Crippen LogP contribution is 2.34. The van der Waals surface area contributed by atoms with E-state index in [1.807, 2.05) is 30.3 Å². The first kappa shape index (κ1) is 92.2. The summed E-state index contributed by atoms with van der Waals surface area (Å²) in [5.41, 5.74) is 48.3. The number of fused-ring (bicyclic) bond motifs is 5. The van der Waals surface area contributed by atoms with Gasteiger partial charge in [-0.3, -0.25) is 0 Å². The molecule has 8 aliphatic rings. The molecule has 0 atom stereocenters. The zero-order valence-corrected chi connectivity index (χ0v) is 75.3. The molecule has 0 aliphatic carbocycles. The minimum Gasteiger partial charge on any atom is -0.399 e. The van der Waals surface area contributed by atoms with Gasteiger partial charge in [-0.15, -0.1) is 0 Å². The second kappa shape index (κ2) is 46.7. The highest BCUT2D eigenvalue weighted by Gasteiger charge is 2.30. The first-order chi connectivity index (χ1) is 56.5. The number of anilines is 10. The molecule has 21 nitrogen and oxygen atoms in total. The number of quaternary nitrogens is 4. The molecule has 0 radical (unpaired) electrons. The van der Waals surface area contributed by atoms with Crippen molar-refractivity contribution in [2.45, 2.75) is 149 Å². The molecule has 6 aromatic rings. The van der Waals surface area contributed by atoms with Crippen molar-refractivity contribution in [1.82, 2.24) is 19.3 Å². The molecule has 0 bridgehead atoms. The highest BCUT2D eigenvalue weighted by atomic mass is 16.5. The summed E-state index contributed by atoms with van der Waals surface area (Å²) in [5.74, 6) is 0. The number of nitrogen functional groups attached to an aromatic ring is 5. The Morgan fingerprint density at radius 3 is 1.07 bits per heavy atom. The SMILES string of the molecule is CC[N+](CC)(CC)CCN1CCCc2ccc(N)cc21.CN(CCC[N+]1(C)CCCCC1)CCN1CCCc2ccc(N)cc21.CN(CCC[N+]1(C)CCOCC1)CCN1CCCc2ccc(N)cc21.CN(CCN1CCCc2ccc(N)cc21)CCn1cc[n+](C)c1.C[N+]1(CCCOCCN2CCCc3ccc(N)cc32)CCCCC1. The third kappa shape index (κ3) is 29.4. The van der Waals surface area contributed by atoms with E-state index in [0.29, 0.717) is 0 Å². The lowest BCUT2D eigenvalue weighted by atomic mass is 10.0. The fraction of sp³-hybridized carbons (Fsp3) is 0.656. The second-order valence-electron chi connectivity index (χ2n) is 36.9. The number of aryl methyl sites for hydroxylation is 6. The molecule has 14 rings (SSSR count). The van der Waals surface area contributed by atoms with Crippen molar-refractivity contribution < 1.29 is 32.0 Å². The summed E-state index contributed by atoms with van der Waals surface area (Å²) < 4.78 is 20.7. The first-order valence-electron chi connectivity index (χ1n) is 46.3. The van der Waals surface area contributed by atoms with Crippen molar-refractivity contribution in [2.24, 2.45) is 7.05 Å². The Morgan fingerprint density at radius 1 is 0.393 bits per heavy atom. The second-order valence-corrected chi connectivity index (χ2v) is 36.9. The standard InChI is InChI=1S/C21H37N4.C20H35N4O.C20H34N3O.C18H28N5.C17H30N3/c1-23(11-7-17-25(2)15-4-3-5-16-25)13-14-24-12-6-8-19-9-10-20(22)18-21(19)24;1-22(8-4-12-24(2)13-15-25-16-14-24)10-11-23-9-3-5-18-6-7-19(21)17-20(18)23;1-23(12-3-2-4-13-23)14-6-15-24-16-11-22-10-5-7-18-8-9-19(21)17-20(18)22;1-20(8-11-22-12-9-21(2)15-22)10-13-23-7-3-4-16-5-6-17(19)14-18(16)23;1-4-20(5-2,6-3)13-12-19-11-7-8-15-9-10-16(18)14-17(15)19/h9-10,18H,3-8,11-17,22H2,1-2H3;6-7,17H,3-5,8-16,21H2,1-2H3;8-9,17H,2-7,10-16,21H2,1H3;5-6,9,12,14-15H,3-4,7-8,10-11,13,19H2,1-2H3;9-10,14H,4-8,11-13,18H2,1-3H3/q5*+1. The van der Waals surface area contributed by atoms with Crippen LogP contribution in [0.15, 0.2) is 110 Å². The number of nitrogens with two attached hydrogens (primary N) is 5. The van der Waals surface area contributed by atoms with Gasteiger partial charge >= 0.3 is 0 Å². The molecule has 10 N–H and O–H groups in total.